The molecule has 0 saturated carbocycles. The first kappa shape index (κ1) is 15.1. The SMILES string of the molecule is CC=Nc1c(C)cc(-c2c(F)cn3nc(N)nc(C)c23)cc1F. The van der Waals surface area contributed by atoms with Crippen LogP contribution in [0, 0.1) is 25.5 Å². The van der Waals surface area contributed by atoms with Gasteiger partial charge in [-0.15, -0.1) is 5.10 Å². The summed E-state index contributed by atoms with van der Waals surface area (Å²) in [5.74, 6) is -0.976. The number of benzene rings is 1. The second-order valence-corrected chi connectivity index (χ2v) is 5.21. The van der Waals surface area contributed by atoms with Crippen molar-refractivity contribution in [2.45, 2.75) is 20.8 Å². The van der Waals surface area contributed by atoms with E-state index in [1.807, 2.05) is 0 Å². The average molecular weight is 315 g/mol. The number of nitrogens with two attached hydrogens (primary N) is 1. The third-order valence-corrected chi connectivity index (χ3v) is 3.58. The Morgan fingerprint density at radius 2 is 1.96 bits per heavy atom. The van der Waals surface area contributed by atoms with E-state index in [0.29, 0.717) is 22.3 Å². The zero-order valence-corrected chi connectivity index (χ0v) is 12.9. The number of aliphatic imine (C=N–C) groups is 1. The fourth-order valence-electron chi connectivity index (χ4n) is 2.70. The van der Waals surface area contributed by atoms with Gasteiger partial charge in [0, 0.05) is 11.8 Å². The molecule has 0 saturated heterocycles. The van der Waals surface area contributed by atoms with Gasteiger partial charge in [0.1, 0.15) is 11.5 Å². The summed E-state index contributed by atoms with van der Waals surface area (Å²) in [6.45, 7) is 5.14. The van der Waals surface area contributed by atoms with E-state index >= 15 is 0 Å². The molecule has 0 amide bonds. The number of halogens is 2. The Labute approximate surface area is 131 Å². The summed E-state index contributed by atoms with van der Waals surface area (Å²) < 4.78 is 30.1. The zero-order valence-electron chi connectivity index (χ0n) is 12.9. The van der Waals surface area contributed by atoms with Crippen molar-refractivity contribution < 1.29 is 8.78 Å². The van der Waals surface area contributed by atoms with Crippen LogP contribution in [0.2, 0.25) is 0 Å². The van der Waals surface area contributed by atoms with Crippen LogP contribution in [0.5, 0.6) is 0 Å². The summed E-state index contributed by atoms with van der Waals surface area (Å²) in [4.78, 5) is 8.06. The Balaban J connectivity index is 2.31. The largest absolute Gasteiger partial charge is 0.367 e. The number of aryl methyl sites for hydroxylation is 2. The molecule has 2 heterocycles. The van der Waals surface area contributed by atoms with Crippen LogP contribution >= 0.6 is 0 Å². The van der Waals surface area contributed by atoms with Crippen molar-refractivity contribution in [3.63, 3.8) is 0 Å². The highest BCUT2D eigenvalue weighted by Crippen LogP contribution is 2.34. The molecule has 0 radical (unpaired) electrons. The van der Waals surface area contributed by atoms with Crippen LogP contribution in [0.25, 0.3) is 16.6 Å². The van der Waals surface area contributed by atoms with Crippen molar-refractivity contribution in [3.8, 4) is 11.1 Å². The number of hydrogen-bond donors (Lipinski definition) is 1. The van der Waals surface area contributed by atoms with Crippen LogP contribution in [-0.2, 0) is 0 Å². The third kappa shape index (κ3) is 2.44. The lowest BCUT2D eigenvalue weighted by atomic mass is 10.0. The van der Waals surface area contributed by atoms with Crippen molar-refractivity contribution in [2.24, 2.45) is 4.99 Å². The number of aromatic nitrogens is 3. The van der Waals surface area contributed by atoms with Gasteiger partial charge in [-0.25, -0.2) is 18.3 Å². The predicted octanol–water partition coefficient (Wildman–Crippen LogP) is 3.60. The number of fused-ring (bicyclic) bond motifs is 1. The minimum Gasteiger partial charge on any atom is -0.367 e. The second-order valence-electron chi connectivity index (χ2n) is 5.21. The number of anilines is 1. The Morgan fingerprint density at radius 1 is 1.22 bits per heavy atom. The summed E-state index contributed by atoms with van der Waals surface area (Å²) in [6.07, 6.45) is 2.72. The van der Waals surface area contributed by atoms with Gasteiger partial charge in [-0.2, -0.15) is 0 Å². The number of hydrogen-bond acceptors (Lipinski definition) is 4. The molecule has 0 unspecified atom stereocenters. The molecule has 3 rings (SSSR count). The lowest BCUT2D eigenvalue weighted by Crippen LogP contribution is -2.03. The van der Waals surface area contributed by atoms with E-state index in [0.717, 1.165) is 0 Å². The van der Waals surface area contributed by atoms with Crippen molar-refractivity contribution in [2.75, 3.05) is 5.73 Å². The molecule has 118 valence electrons. The summed E-state index contributed by atoms with van der Waals surface area (Å²) in [5, 5.41) is 3.96. The summed E-state index contributed by atoms with van der Waals surface area (Å²) in [5.41, 5.74) is 8.08. The predicted molar refractivity (Wildman–Crippen MR) is 86.1 cm³/mol. The summed E-state index contributed by atoms with van der Waals surface area (Å²) >= 11 is 0. The fourth-order valence-corrected chi connectivity index (χ4v) is 2.70. The molecule has 0 aliphatic heterocycles. The molecule has 3 aromatic rings. The van der Waals surface area contributed by atoms with E-state index < -0.39 is 11.6 Å². The second kappa shape index (κ2) is 5.42. The van der Waals surface area contributed by atoms with E-state index in [9.17, 15) is 8.78 Å². The average Bonchev–Trinajstić information content (AvgIpc) is 2.78. The minimum atomic E-state index is -0.515. The standard InChI is InChI=1S/C16H15F2N5/c1-4-20-14-8(2)5-10(6-11(14)17)13-12(18)7-23-15(13)9(3)21-16(19)22-23/h4-7H,1-3H3,(H2,19,22). The molecule has 2 N–H and O–H groups in total. The number of nitrogen functional groups attached to an aromatic ring is 1. The number of nitrogens with zero attached hydrogens (tertiary/aromatic N) is 4. The zero-order chi connectivity index (χ0) is 16.7. The Hall–Kier alpha value is -2.83. The maximum atomic E-state index is 14.4. The molecule has 0 bridgehead atoms. The molecule has 2 aromatic heterocycles. The van der Waals surface area contributed by atoms with Crippen LogP contribution in [0.15, 0.2) is 23.3 Å². The smallest absolute Gasteiger partial charge is 0.238 e. The van der Waals surface area contributed by atoms with Crippen LogP contribution in [0.4, 0.5) is 20.4 Å². The van der Waals surface area contributed by atoms with Gasteiger partial charge in [-0.05, 0) is 44.0 Å². The van der Waals surface area contributed by atoms with E-state index in [-0.39, 0.29) is 17.2 Å². The molecule has 1 aromatic carbocycles. The highest BCUT2D eigenvalue weighted by Gasteiger charge is 2.19. The first-order valence-electron chi connectivity index (χ1n) is 7.02. The quantitative estimate of drug-likeness (QED) is 0.735. The van der Waals surface area contributed by atoms with Gasteiger partial charge < -0.3 is 5.73 Å². The van der Waals surface area contributed by atoms with Crippen LogP contribution in [0.3, 0.4) is 0 Å². The van der Waals surface area contributed by atoms with Crippen LogP contribution < -0.4 is 5.73 Å². The highest BCUT2D eigenvalue weighted by atomic mass is 19.1. The van der Waals surface area contributed by atoms with E-state index in [1.165, 1.54) is 23.0 Å². The number of rotatable bonds is 2. The highest BCUT2D eigenvalue weighted by molar-refractivity contribution is 5.84. The van der Waals surface area contributed by atoms with Gasteiger partial charge in [0.2, 0.25) is 5.95 Å². The Morgan fingerprint density at radius 3 is 2.61 bits per heavy atom. The maximum Gasteiger partial charge on any atom is 0.238 e. The van der Waals surface area contributed by atoms with Crippen molar-refractivity contribution in [1.29, 1.82) is 0 Å². The van der Waals surface area contributed by atoms with Crippen LogP contribution in [0.1, 0.15) is 18.2 Å². The van der Waals surface area contributed by atoms with Gasteiger partial charge in [-0.1, -0.05) is 0 Å². The fraction of sp³-hybridized carbons (Fsp3) is 0.188. The molecule has 5 nitrogen and oxygen atoms in total. The molecule has 0 atom stereocenters. The van der Waals surface area contributed by atoms with E-state index in [4.69, 9.17) is 5.73 Å². The van der Waals surface area contributed by atoms with Gasteiger partial charge in [0.15, 0.2) is 5.82 Å². The van der Waals surface area contributed by atoms with Gasteiger partial charge in [0.25, 0.3) is 0 Å². The first-order chi connectivity index (χ1) is 10.9. The van der Waals surface area contributed by atoms with Crippen molar-refractivity contribution in [3.05, 3.63) is 41.2 Å². The van der Waals surface area contributed by atoms with Gasteiger partial charge in [-0.3, -0.25) is 4.99 Å². The van der Waals surface area contributed by atoms with Gasteiger partial charge in [0.05, 0.1) is 17.4 Å². The monoisotopic (exact) mass is 315 g/mol. The Kier molecular flexibility index (Phi) is 3.55. The van der Waals surface area contributed by atoms with Crippen molar-refractivity contribution in [1.82, 2.24) is 14.6 Å². The van der Waals surface area contributed by atoms with E-state index in [2.05, 4.69) is 15.1 Å². The first-order valence-corrected chi connectivity index (χ1v) is 7.02. The molecular formula is C16H15F2N5. The topological polar surface area (TPSA) is 68.6 Å². The normalized spacial score (nSPS) is 11.7. The maximum absolute atomic E-state index is 14.4. The molecule has 0 spiro atoms. The molecule has 23 heavy (non-hydrogen) atoms. The molecule has 7 heteroatoms. The summed E-state index contributed by atoms with van der Waals surface area (Å²) in [6, 6.07) is 2.96. The van der Waals surface area contributed by atoms with E-state index in [1.54, 1.807) is 26.8 Å². The molecule has 0 aliphatic carbocycles. The van der Waals surface area contributed by atoms with Crippen LogP contribution in [-0.4, -0.2) is 20.8 Å². The van der Waals surface area contributed by atoms with Crippen molar-refractivity contribution >= 4 is 23.4 Å². The summed E-state index contributed by atoms with van der Waals surface area (Å²) in [7, 11) is 0. The molecule has 0 fully saturated rings. The molecular weight excluding hydrogens is 300 g/mol. The minimum absolute atomic E-state index is 0.0477. The molecule has 0 aliphatic rings. The lowest BCUT2D eigenvalue weighted by Gasteiger charge is -2.08. The lowest BCUT2D eigenvalue weighted by molar-refractivity contribution is 0.624. The van der Waals surface area contributed by atoms with Gasteiger partial charge >= 0.3 is 0 Å². The Bertz CT molecular complexity index is 920. The third-order valence-electron chi connectivity index (χ3n) is 3.58.